The molecule has 3 aromatic heterocycles. The minimum absolute atomic E-state index is 0.0418. The van der Waals surface area contributed by atoms with Crippen molar-refractivity contribution >= 4 is 5.82 Å². The number of aryl methyl sites for hydroxylation is 1. The number of fused-ring (bicyclic) bond motifs is 7. The summed E-state index contributed by atoms with van der Waals surface area (Å²) in [5, 5.41) is 18.3. The van der Waals surface area contributed by atoms with E-state index >= 15 is 0 Å². The lowest BCUT2D eigenvalue weighted by Gasteiger charge is -2.20. The fourth-order valence-electron chi connectivity index (χ4n) is 3.44. The first kappa shape index (κ1) is 18.6. The Kier molecular flexibility index (Phi) is 4.07. The lowest BCUT2D eigenvalue weighted by atomic mass is 10.1. The van der Waals surface area contributed by atoms with E-state index in [2.05, 4.69) is 26.2 Å². The summed E-state index contributed by atoms with van der Waals surface area (Å²) < 4.78 is 29.0. The number of halogens is 1. The summed E-state index contributed by atoms with van der Waals surface area (Å²) in [4.78, 5) is 8.60. The van der Waals surface area contributed by atoms with Crippen molar-refractivity contribution in [1.82, 2.24) is 29.5 Å². The molecule has 0 aliphatic carbocycles. The van der Waals surface area contributed by atoms with E-state index in [9.17, 15) is 9.65 Å². The smallest absolute Gasteiger partial charge is 0.258 e. The van der Waals surface area contributed by atoms with Gasteiger partial charge in [0.15, 0.2) is 11.5 Å². The van der Waals surface area contributed by atoms with Gasteiger partial charge >= 0.3 is 0 Å². The Balaban J connectivity index is 1.83. The SMILES string of the molecule is CC1Oc2nc(cnc2N)-c2c(nn(C)c2C#N)Oc2ccnn2-c2ccc(F)cc21. The number of nitriles is 1. The van der Waals surface area contributed by atoms with Gasteiger partial charge in [-0.25, -0.2) is 19.0 Å². The van der Waals surface area contributed by atoms with Crippen LogP contribution < -0.4 is 15.2 Å². The zero-order valence-corrected chi connectivity index (χ0v) is 16.4. The number of nitrogens with two attached hydrogens (primary N) is 1. The zero-order chi connectivity index (χ0) is 21.7. The zero-order valence-electron chi connectivity index (χ0n) is 16.4. The normalized spacial score (nSPS) is 14.6. The number of benzene rings is 1. The van der Waals surface area contributed by atoms with Crippen molar-refractivity contribution in [2.24, 2.45) is 7.05 Å². The molecule has 4 heterocycles. The summed E-state index contributed by atoms with van der Waals surface area (Å²) in [6, 6.07) is 7.98. The number of anilines is 1. The lowest BCUT2D eigenvalue weighted by molar-refractivity contribution is 0.217. The maximum absolute atomic E-state index is 14.1. The van der Waals surface area contributed by atoms with Crippen LogP contribution in [-0.4, -0.2) is 29.5 Å². The molecule has 1 aliphatic rings. The molecule has 5 rings (SSSR count). The van der Waals surface area contributed by atoms with Crippen molar-refractivity contribution in [3.8, 4) is 40.7 Å². The third-order valence-corrected chi connectivity index (χ3v) is 4.90. The average Bonchev–Trinajstić information content (AvgIpc) is 3.32. The number of hydrogen-bond donors (Lipinski definition) is 1. The van der Waals surface area contributed by atoms with E-state index in [0.29, 0.717) is 28.4 Å². The number of aromatic nitrogens is 6. The molecular formula is C20H15FN8O2. The van der Waals surface area contributed by atoms with Crippen LogP contribution in [0, 0.1) is 17.1 Å². The highest BCUT2D eigenvalue weighted by Crippen LogP contribution is 2.38. The van der Waals surface area contributed by atoms with Crippen molar-refractivity contribution in [2.45, 2.75) is 13.0 Å². The van der Waals surface area contributed by atoms with Crippen LogP contribution in [0.2, 0.25) is 0 Å². The van der Waals surface area contributed by atoms with Crippen LogP contribution in [0.4, 0.5) is 10.2 Å². The second kappa shape index (κ2) is 6.81. The van der Waals surface area contributed by atoms with Crippen LogP contribution >= 0.6 is 0 Å². The summed E-state index contributed by atoms with van der Waals surface area (Å²) in [6.07, 6.45) is 2.30. The van der Waals surface area contributed by atoms with Crippen molar-refractivity contribution in [1.29, 1.82) is 5.26 Å². The number of ether oxygens (including phenoxy) is 2. The van der Waals surface area contributed by atoms with Crippen LogP contribution in [0.1, 0.15) is 24.3 Å². The van der Waals surface area contributed by atoms with Crippen molar-refractivity contribution < 1.29 is 13.9 Å². The summed E-state index contributed by atoms with van der Waals surface area (Å²) >= 11 is 0. The van der Waals surface area contributed by atoms with Gasteiger partial charge in [0.05, 0.1) is 18.1 Å². The molecular weight excluding hydrogens is 403 g/mol. The molecule has 2 N–H and O–H groups in total. The van der Waals surface area contributed by atoms with Crippen LogP contribution in [0.25, 0.3) is 16.9 Å². The van der Waals surface area contributed by atoms with Gasteiger partial charge in [0.25, 0.3) is 11.8 Å². The standard InChI is InChI=1S/C20H15FN8O2/c1-10-12-7-11(21)3-4-14(12)29-16(5-6-25-29)31-19-17(15(8-22)28(2)27-19)13-9-24-18(23)20(26-13)30-10/h3-7,9-10H,1-2H3,(H2,23,24). The van der Waals surface area contributed by atoms with Crippen molar-refractivity contribution in [3.63, 3.8) is 0 Å². The third-order valence-electron chi connectivity index (χ3n) is 4.90. The van der Waals surface area contributed by atoms with Gasteiger partial charge < -0.3 is 15.2 Å². The molecule has 0 saturated heterocycles. The van der Waals surface area contributed by atoms with E-state index < -0.39 is 11.9 Å². The Morgan fingerprint density at radius 1 is 1.26 bits per heavy atom. The molecule has 31 heavy (non-hydrogen) atoms. The van der Waals surface area contributed by atoms with Crippen LogP contribution in [0.5, 0.6) is 17.6 Å². The summed E-state index contributed by atoms with van der Waals surface area (Å²) in [5.41, 5.74) is 7.86. The Morgan fingerprint density at radius 2 is 2.10 bits per heavy atom. The molecule has 0 radical (unpaired) electrons. The molecule has 0 fully saturated rings. The number of nitrogens with zero attached hydrogens (tertiary/aromatic N) is 7. The minimum atomic E-state index is -0.655. The van der Waals surface area contributed by atoms with Crippen molar-refractivity contribution in [2.75, 3.05) is 5.73 Å². The summed E-state index contributed by atoms with van der Waals surface area (Å²) in [5.74, 6) is 0.0982. The van der Waals surface area contributed by atoms with E-state index in [0.717, 1.165) is 0 Å². The second-order valence-corrected chi connectivity index (χ2v) is 6.86. The van der Waals surface area contributed by atoms with E-state index in [-0.39, 0.29) is 23.3 Å². The topological polar surface area (TPSA) is 130 Å². The highest BCUT2D eigenvalue weighted by atomic mass is 19.1. The predicted octanol–water partition coefficient (Wildman–Crippen LogP) is 2.90. The third kappa shape index (κ3) is 2.93. The Labute approximate surface area is 175 Å². The van der Waals surface area contributed by atoms with Crippen LogP contribution in [0.3, 0.4) is 0 Å². The molecule has 1 unspecified atom stereocenters. The van der Waals surface area contributed by atoms with Crippen LogP contribution in [0.15, 0.2) is 36.7 Å². The highest BCUT2D eigenvalue weighted by molar-refractivity contribution is 5.72. The first-order valence-corrected chi connectivity index (χ1v) is 9.24. The molecule has 10 nitrogen and oxygen atoms in total. The molecule has 1 aromatic carbocycles. The number of hydrogen-bond acceptors (Lipinski definition) is 8. The quantitative estimate of drug-likeness (QED) is 0.461. The predicted molar refractivity (Wildman–Crippen MR) is 106 cm³/mol. The Bertz CT molecular complexity index is 1370. The molecule has 0 saturated carbocycles. The van der Waals surface area contributed by atoms with Gasteiger partial charge in [-0.1, -0.05) is 0 Å². The molecule has 4 aromatic rings. The molecule has 2 bridgehead atoms. The molecule has 0 spiro atoms. The van der Waals surface area contributed by atoms with E-state index in [1.165, 1.54) is 27.7 Å². The van der Waals surface area contributed by atoms with Crippen LogP contribution in [-0.2, 0) is 7.05 Å². The second-order valence-electron chi connectivity index (χ2n) is 6.86. The van der Waals surface area contributed by atoms with Gasteiger partial charge in [-0.2, -0.15) is 10.4 Å². The number of rotatable bonds is 0. The first-order valence-electron chi connectivity index (χ1n) is 9.24. The van der Waals surface area contributed by atoms with E-state index in [1.807, 2.05) is 0 Å². The minimum Gasteiger partial charge on any atom is -0.467 e. The van der Waals surface area contributed by atoms with Gasteiger partial charge in [-0.15, -0.1) is 5.10 Å². The van der Waals surface area contributed by atoms with E-state index in [4.69, 9.17) is 15.2 Å². The largest absolute Gasteiger partial charge is 0.467 e. The molecule has 1 aliphatic heterocycles. The number of nitrogen functional groups attached to an aromatic ring is 1. The first-order chi connectivity index (χ1) is 15.0. The fourth-order valence-corrected chi connectivity index (χ4v) is 3.44. The van der Waals surface area contributed by atoms with Gasteiger partial charge in [0.1, 0.15) is 29.2 Å². The van der Waals surface area contributed by atoms with Gasteiger partial charge in [-0.3, -0.25) is 4.68 Å². The Morgan fingerprint density at radius 3 is 2.90 bits per heavy atom. The average molecular weight is 418 g/mol. The molecule has 0 amide bonds. The summed E-state index contributed by atoms with van der Waals surface area (Å²) in [7, 11) is 1.62. The van der Waals surface area contributed by atoms with Gasteiger partial charge in [0, 0.05) is 18.7 Å². The lowest BCUT2D eigenvalue weighted by Crippen LogP contribution is -2.13. The molecule has 154 valence electrons. The summed E-state index contributed by atoms with van der Waals surface area (Å²) in [6.45, 7) is 1.73. The maximum atomic E-state index is 14.1. The highest BCUT2D eigenvalue weighted by Gasteiger charge is 2.26. The van der Waals surface area contributed by atoms with Gasteiger partial charge in [-0.05, 0) is 25.1 Å². The fraction of sp³-hybridized carbons (Fsp3) is 0.150. The molecule has 1 atom stereocenters. The molecule has 11 heteroatoms. The maximum Gasteiger partial charge on any atom is 0.258 e. The van der Waals surface area contributed by atoms with Gasteiger partial charge in [0.2, 0.25) is 5.88 Å². The Hall–Kier alpha value is -4.46. The van der Waals surface area contributed by atoms with Crippen molar-refractivity contribution in [3.05, 3.63) is 53.7 Å². The van der Waals surface area contributed by atoms with E-state index in [1.54, 1.807) is 32.3 Å². The monoisotopic (exact) mass is 418 g/mol.